The van der Waals surface area contributed by atoms with Crippen molar-refractivity contribution in [3.63, 3.8) is 0 Å². The Balaban J connectivity index is 1.20. The van der Waals surface area contributed by atoms with Gasteiger partial charge in [0.2, 0.25) is 11.0 Å². The van der Waals surface area contributed by atoms with Crippen molar-refractivity contribution in [2.24, 2.45) is 0 Å². The van der Waals surface area contributed by atoms with Gasteiger partial charge in [-0.25, -0.2) is 13.4 Å². The van der Waals surface area contributed by atoms with Gasteiger partial charge in [-0.15, -0.1) is 0 Å². The first kappa shape index (κ1) is 27.3. The van der Waals surface area contributed by atoms with E-state index in [4.69, 9.17) is 9.40 Å². The maximum atomic E-state index is 13.2. The summed E-state index contributed by atoms with van der Waals surface area (Å²) in [5, 5.41) is 3.21. The molecule has 2 fully saturated rings. The topological polar surface area (TPSA) is 105 Å². The Morgan fingerprint density at radius 3 is 2.37 bits per heavy atom. The third-order valence-corrected chi connectivity index (χ3v) is 8.84. The molecule has 1 saturated heterocycles. The van der Waals surface area contributed by atoms with Crippen molar-refractivity contribution in [3.8, 4) is 11.3 Å². The molecule has 6 rings (SSSR count). The van der Waals surface area contributed by atoms with E-state index in [1.165, 1.54) is 18.2 Å². The summed E-state index contributed by atoms with van der Waals surface area (Å²) in [6.45, 7) is 1.70. The van der Waals surface area contributed by atoms with Crippen molar-refractivity contribution in [3.05, 3.63) is 77.9 Å². The van der Waals surface area contributed by atoms with E-state index in [9.17, 15) is 26.4 Å². The lowest BCUT2D eigenvalue weighted by Gasteiger charge is -2.20. The fourth-order valence-electron chi connectivity index (χ4n) is 5.01. The fourth-order valence-corrected chi connectivity index (χ4v) is 6.40. The third-order valence-electron chi connectivity index (χ3n) is 7.44. The maximum absolute atomic E-state index is 13.2. The second kappa shape index (κ2) is 10.2. The lowest BCUT2D eigenvalue weighted by Crippen LogP contribution is -2.48. The average Bonchev–Trinajstić information content (AvgIpc) is 3.34. The number of amides is 1. The van der Waals surface area contributed by atoms with E-state index in [2.05, 4.69) is 14.9 Å². The van der Waals surface area contributed by atoms with E-state index in [-0.39, 0.29) is 11.6 Å². The summed E-state index contributed by atoms with van der Waals surface area (Å²) in [6.07, 6.45) is -1.75. The smallest absolute Gasteiger partial charge is 0.416 e. The average molecular weight is 585 g/mol. The van der Waals surface area contributed by atoms with Gasteiger partial charge in [0.1, 0.15) is 16.9 Å². The van der Waals surface area contributed by atoms with Crippen LogP contribution < -0.4 is 14.9 Å². The molecule has 0 unspecified atom stereocenters. The predicted molar refractivity (Wildman–Crippen MR) is 146 cm³/mol. The van der Waals surface area contributed by atoms with Gasteiger partial charge in [-0.05, 0) is 61.6 Å². The molecule has 2 N–H and O–H groups in total. The number of carbonyl (C=O) groups is 1. The Morgan fingerprint density at radius 1 is 1.00 bits per heavy atom. The number of para-hydroxylation sites is 1. The summed E-state index contributed by atoms with van der Waals surface area (Å²) in [5.74, 6) is 0.212. The number of halogens is 3. The molecular formula is C29H27F3N4O4S. The molecule has 2 aromatic heterocycles. The number of benzene rings is 2. The van der Waals surface area contributed by atoms with Gasteiger partial charge >= 0.3 is 6.18 Å². The molecule has 12 heteroatoms. The maximum Gasteiger partial charge on any atom is 0.416 e. The number of fused-ring (bicyclic) bond motifs is 1. The number of rotatable bonds is 8. The van der Waals surface area contributed by atoms with E-state index in [0.29, 0.717) is 46.4 Å². The molecule has 2 aromatic carbocycles. The van der Waals surface area contributed by atoms with Crippen molar-refractivity contribution in [1.29, 1.82) is 0 Å². The molecule has 2 aliphatic rings. The number of furan rings is 1. The summed E-state index contributed by atoms with van der Waals surface area (Å²) in [4.78, 5) is 20.0. The number of nitrogens with one attached hydrogen (secondary N) is 2. The highest BCUT2D eigenvalue weighted by Gasteiger charge is 2.53. The van der Waals surface area contributed by atoms with Crippen molar-refractivity contribution >= 4 is 32.7 Å². The molecule has 0 bridgehead atoms. The standard InChI is InChI=1S/C29H27F3N4O4S/c30-29(31,32)22-9-7-20(8-10-22)23-15-19(16-25(34-23)36-13-3-4-14-36)18-33-27(37)28(11-12-28)35-41(38,39)26-17-21-5-1-2-6-24(21)40-26/h1-2,5-10,15-17,35H,3-4,11-14,18H2,(H,33,37). The Morgan fingerprint density at radius 2 is 1.71 bits per heavy atom. The first-order chi connectivity index (χ1) is 19.5. The molecular weight excluding hydrogens is 557 g/mol. The molecule has 0 spiro atoms. The van der Waals surface area contributed by atoms with Crippen LogP contribution in [0.1, 0.15) is 36.8 Å². The van der Waals surface area contributed by atoms with Crippen LogP contribution >= 0.6 is 0 Å². The Kier molecular flexibility index (Phi) is 6.77. The van der Waals surface area contributed by atoms with Crippen LogP contribution in [0.25, 0.3) is 22.2 Å². The van der Waals surface area contributed by atoms with Crippen molar-refractivity contribution in [2.45, 2.75) is 49.0 Å². The van der Waals surface area contributed by atoms with Gasteiger partial charge < -0.3 is 14.6 Å². The fraction of sp³-hybridized carbons (Fsp3) is 0.310. The lowest BCUT2D eigenvalue weighted by molar-refractivity contribution is -0.137. The Hall–Kier alpha value is -3.90. The van der Waals surface area contributed by atoms with Gasteiger partial charge in [0.05, 0.1) is 11.3 Å². The minimum Gasteiger partial charge on any atom is -0.443 e. The highest BCUT2D eigenvalue weighted by Crippen LogP contribution is 2.38. The van der Waals surface area contributed by atoms with Gasteiger partial charge in [-0.3, -0.25) is 4.79 Å². The highest BCUT2D eigenvalue weighted by molar-refractivity contribution is 7.89. The van der Waals surface area contributed by atoms with Gasteiger partial charge in [0.25, 0.3) is 10.0 Å². The minimum atomic E-state index is -4.44. The van der Waals surface area contributed by atoms with Crippen LogP contribution in [0.5, 0.6) is 0 Å². The Labute approximate surface area is 234 Å². The van der Waals surface area contributed by atoms with Crippen LogP contribution in [0.4, 0.5) is 19.0 Å². The van der Waals surface area contributed by atoms with Gasteiger partial charge in [-0.1, -0.05) is 30.3 Å². The molecule has 0 radical (unpaired) electrons. The molecule has 0 atom stereocenters. The Bertz CT molecular complexity index is 1680. The molecule has 1 aliphatic carbocycles. The molecule has 1 saturated carbocycles. The number of alkyl halides is 3. The zero-order chi connectivity index (χ0) is 28.8. The number of hydrogen-bond donors (Lipinski definition) is 2. The predicted octanol–water partition coefficient (Wildman–Crippen LogP) is 5.24. The number of anilines is 1. The van der Waals surface area contributed by atoms with Gasteiger partial charge in [0, 0.05) is 36.7 Å². The quantitative estimate of drug-likeness (QED) is 0.294. The minimum absolute atomic E-state index is 0.0872. The first-order valence-corrected chi connectivity index (χ1v) is 14.8. The van der Waals surface area contributed by atoms with Crippen LogP contribution in [-0.4, -0.2) is 37.9 Å². The summed E-state index contributed by atoms with van der Waals surface area (Å²) < 4.78 is 73.3. The molecule has 1 amide bonds. The van der Waals surface area contributed by atoms with Gasteiger partial charge in [0.15, 0.2) is 0 Å². The van der Waals surface area contributed by atoms with Crippen LogP contribution in [0.15, 0.2) is 76.2 Å². The molecule has 41 heavy (non-hydrogen) atoms. The third kappa shape index (κ3) is 5.66. The molecule has 4 aromatic rings. The highest BCUT2D eigenvalue weighted by atomic mass is 32.2. The van der Waals surface area contributed by atoms with E-state index in [0.717, 1.165) is 38.1 Å². The zero-order valence-corrected chi connectivity index (χ0v) is 22.7. The largest absolute Gasteiger partial charge is 0.443 e. The molecule has 3 heterocycles. The molecule has 8 nitrogen and oxygen atoms in total. The van der Waals surface area contributed by atoms with Gasteiger partial charge in [-0.2, -0.15) is 17.9 Å². The van der Waals surface area contributed by atoms with E-state index >= 15 is 0 Å². The van der Waals surface area contributed by atoms with Crippen molar-refractivity contribution < 1.29 is 30.8 Å². The molecule has 1 aliphatic heterocycles. The summed E-state index contributed by atoms with van der Waals surface area (Å²) in [7, 11) is -4.09. The summed E-state index contributed by atoms with van der Waals surface area (Å²) >= 11 is 0. The number of hydrogen-bond acceptors (Lipinski definition) is 6. The van der Waals surface area contributed by atoms with E-state index < -0.39 is 33.2 Å². The van der Waals surface area contributed by atoms with E-state index in [1.54, 1.807) is 30.3 Å². The summed E-state index contributed by atoms with van der Waals surface area (Å²) in [6, 6.07) is 16.7. The van der Waals surface area contributed by atoms with Crippen LogP contribution in [0, 0.1) is 0 Å². The van der Waals surface area contributed by atoms with Crippen molar-refractivity contribution in [1.82, 2.24) is 15.0 Å². The first-order valence-electron chi connectivity index (χ1n) is 13.3. The van der Waals surface area contributed by atoms with Crippen LogP contribution in [0.2, 0.25) is 0 Å². The van der Waals surface area contributed by atoms with E-state index in [1.807, 2.05) is 6.07 Å². The number of carbonyl (C=O) groups excluding carboxylic acids is 1. The zero-order valence-electron chi connectivity index (χ0n) is 21.9. The van der Waals surface area contributed by atoms with Crippen molar-refractivity contribution in [2.75, 3.05) is 18.0 Å². The molecule has 214 valence electrons. The SMILES string of the molecule is O=C(NCc1cc(-c2ccc(C(F)(F)F)cc2)nc(N2CCCC2)c1)C1(NS(=O)(=O)c2cc3ccccc3o2)CC1. The van der Waals surface area contributed by atoms with Crippen LogP contribution in [-0.2, 0) is 27.5 Å². The monoisotopic (exact) mass is 584 g/mol. The summed E-state index contributed by atoms with van der Waals surface area (Å²) in [5.41, 5.74) is 0.102. The second-order valence-corrected chi connectivity index (χ2v) is 12.1. The number of nitrogens with zero attached hydrogens (tertiary/aromatic N) is 2. The number of sulfonamides is 1. The number of aromatic nitrogens is 1. The lowest BCUT2D eigenvalue weighted by atomic mass is 10.1. The second-order valence-electron chi connectivity index (χ2n) is 10.5. The number of pyridine rings is 1. The normalized spacial score (nSPS) is 16.7. The van der Waals surface area contributed by atoms with Crippen LogP contribution in [0.3, 0.4) is 0 Å².